The molecule has 25 heavy (non-hydrogen) atoms. The number of carbonyl (C=O) groups excluding carboxylic acids is 1. The highest BCUT2D eigenvalue weighted by molar-refractivity contribution is 6.31. The third kappa shape index (κ3) is 4.15. The second-order valence-corrected chi connectivity index (χ2v) is 6.94. The van der Waals surface area contributed by atoms with Crippen molar-refractivity contribution in [3.8, 4) is 0 Å². The Balaban J connectivity index is 1.69. The zero-order valence-corrected chi connectivity index (χ0v) is 15.2. The van der Waals surface area contributed by atoms with Crippen molar-refractivity contribution in [2.75, 3.05) is 13.2 Å². The van der Waals surface area contributed by atoms with Gasteiger partial charge in [-0.2, -0.15) is 0 Å². The van der Waals surface area contributed by atoms with Crippen molar-refractivity contribution >= 4 is 28.8 Å². The fourth-order valence-electron chi connectivity index (χ4n) is 3.46. The molecule has 3 rings (SSSR count). The summed E-state index contributed by atoms with van der Waals surface area (Å²) in [6.07, 6.45) is 4.91. The van der Waals surface area contributed by atoms with E-state index in [2.05, 4.69) is 18.5 Å². The van der Waals surface area contributed by atoms with Crippen LogP contribution in [0.2, 0.25) is 5.02 Å². The van der Waals surface area contributed by atoms with Gasteiger partial charge in [-0.15, -0.1) is 0 Å². The summed E-state index contributed by atoms with van der Waals surface area (Å²) in [7, 11) is 0. The minimum Gasteiger partial charge on any atom is -0.445 e. The molecule has 0 N–H and O–H groups in total. The Morgan fingerprint density at radius 3 is 3.20 bits per heavy atom. The number of nitrogens with zero attached hydrogens (tertiary/aromatic N) is 2. The monoisotopic (exact) mass is 362 g/mol. The lowest BCUT2D eigenvalue weighted by atomic mass is 9.88. The van der Waals surface area contributed by atoms with Gasteiger partial charge in [0.25, 0.3) is 0 Å². The summed E-state index contributed by atoms with van der Waals surface area (Å²) in [6.45, 7) is 6.74. The average molecular weight is 363 g/mol. The number of hydrogen-bond donors (Lipinski definition) is 0. The van der Waals surface area contributed by atoms with Gasteiger partial charge in [0.15, 0.2) is 11.5 Å². The summed E-state index contributed by atoms with van der Waals surface area (Å²) in [6, 6.07) is 5.55. The lowest BCUT2D eigenvalue weighted by Gasteiger charge is -2.39. The number of aromatic nitrogens is 1. The highest BCUT2D eigenvalue weighted by atomic mass is 35.5. The number of oxazole rings is 1. The van der Waals surface area contributed by atoms with Crippen molar-refractivity contribution < 1.29 is 13.9 Å². The normalized spacial score (nSPS) is 20.6. The van der Waals surface area contributed by atoms with Crippen LogP contribution in [0.15, 0.2) is 35.3 Å². The van der Waals surface area contributed by atoms with Crippen molar-refractivity contribution in [1.82, 2.24) is 9.88 Å². The van der Waals surface area contributed by atoms with E-state index in [1.165, 1.54) is 0 Å². The Morgan fingerprint density at radius 2 is 2.40 bits per heavy atom. The van der Waals surface area contributed by atoms with Crippen LogP contribution < -0.4 is 0 Å². The predicted molar refractivity (Wildman–Crippen MR) is 97.8 cm³/mol. The van der Waals surface area contributed by atoms with Crippen LogP contribution in [0.25, 0.3) is 11.1 Å². The van der Waals surface area contributed by atoms with Crippen molar-refractivity contribution in [3.63, 3.8) is 0 Å². The maximum atomic E-state index is 12.3. The van der Waals surface area contributed by atoms with E-state index in [-0.39, 0.29) is 18.7 Å². The summed E-state index contributed by atoms with van der Waals surface area (Å²) in [5.41, 5.74) is 1.50. The molecule has 1 saturated heterocycles. The van der Waals surface area contributed by atoms with Crippen LogP contribution in [0.4, 0.5) is 4.79 Å². The molecule has 0 saturated carbocycles. The second-order valence-electron chi connectivity index (χ2n) is 6.50. The van der Waals surface area contributed by atoms with Crippen LogP contribution in [0.3, 0.4) is 0 Å². The number of fused-ring (bicyclic) bond motifs is 1. The van der Waals surface area contributed by atoms with E-state index in [1.807, 2.05) is 11.0 Å². The molecule has 1 unspecified atom stereocenters. The van der Waals surface area contributed by atoms with Gasteiger partial charge in [0.05, 0.1) is 0 Å². The van der Waals surface area contributed by atoms with Gasteiger partial charge in [0.2, 0.25) is 0 Å². The molecule has 0 bridgehead atoms. The summed E-state index contributed by atoms with van der Waals surface area (Å²) < 4.78 is 11.0. The molecule has 0 radical (unpaired) electrons. The first-order valence-corrected chi connectivity index (χ1v) is 9.05. The number of halogens is 1. The Labute approximate surface area is 152 Å². The minimum atomic E-state index is -0.263. The lowest BCUT2D eigenvalue weighted by Crippen LogP contribution is -2.48. The highest BCUT2D eigenvalue weighted by Gasteiger charge is 2.32. The fraction of sp³-hybridized carbons (Fsp3) is 0.474. The molecular formula is C19H23ClN2O3. The minimum absolute atomic E-state index is 0.129. The van der Waals surface area contributed by atoms with Crippen LogP contribution in [0, 0.1) is 5.92 Å². The van der Waals surface area contributed by atoms with E-state index in [0.29, 0.717) is 23.3 Å². The van der Waals surface area contributed by atoms with Gasteiger partial charge in [-0.1, -0.05) is 31.2 Å². The van der Waals surface area contributed by atoms with Gasteiger partial charge >= 0.3 is 6.09 Å². The second kappa shape index (κ2) is 7.91. The van der Waals surface area contributed by atoms with Crippen LogP contribution in [-0.2, 0) is 11.2 Å². The number of likely N-dealkylation sites (tertiary alicyclic amines) is 1. The molecule has 0 aliphatic carbocycles. The lowest BCUT2D eigenvalue weighted by molar-refractivity contribution is 0.0589. The van der Waals surface area contributed by atoms with Crippen LogP contribution >= 0.6 is 11.6 Å². The van der Waals surface area contributed by atoms with E-state index >= 15 is 0 Å². The molecule has 0 spiro atoms. The van der Waals surface area contributed by atoms with E-state index in [1.54, 1.807) is 18.2 Å². The number of piperidine rings is 1. The number of hydrogen-bond acceptors (Lipinski definition) is 4. The molecule has 2 aromatic rings. The quantitative estimate of drug-likeness (QED) is 0.714. The maximum Gasteiger partial charge on any atom is 0.410 e. The topological polar surface area (TPSA) is 55.6 Å². The molecule has 1 aliphatic rings. The number of benzene rings is 1. The average Bonchev–Trinajstić information content (AvgIpc) is 3.00. The van der Waals surface area contributed by atoms with Crippen LogP contribution in [-0.4, -0.2) is 35.2 Å². The predicted octanol–water partition coefficient (Wildman–Crippen LogP) is 4.84. The Hall–Kier alpha value is -2.01. The zero-order valence-electron chi connectivity index (χ0n) is 14.4. The molecule has 1 amide bonds. The molecule has 1 fully saturated rings. The van der Waals surface area contributed by atoms with E-state index in [4.69, 9.17) is 20.8 Å². The first-order valence-electron chi connectivity index (χ1n) is 8.67. The first-order chi connectivity index (χ1) is 12.1. The number of carbonyl (C=O) groups is 1. The van der Waals surface area contributed by atoms with Gasteiger partial charge in [-0.05, 0) is 43.4 Å². The molecule has 1 aromatic heterocycles. The first kappa shape index (κ1) is 17.8. The number of ether oxygens (including phenoxy) is 1. The number of rotatable bonds is 5. The van der Waals surface area contributed by atoms with E-state index in [0.717, 1.165) is 36.9 Å². The Kier molecular flexibility index (Phi) is 5.63. The van der Waals surface area contributed by atoms with Gasteiger partial charge in [0.1, 0.15) is 12.1 Å². The summed E-state index contributed by atoms with van der Waals surface area (Å²) in [5, 5.41) is 0.643. The number of amides is 1. The number of aryl methyl sites for hydroxylation is 1. The van der Waals surface area contributed by atoms with Gasteiger partial charge in [-0.25, -0.2) is 9.78 Å². The Bertz CT molecular complexity index is 758. The van der Waals surface area contributed by atoms with Gasteiger partial charge in [-0.3, -0.25) is 0 Å². The highest BCUT2D eigenvalue weighted by Crippen LogP contribution is 2.28. The van der Waals surface area contributed by atoms with Crippen molar-refractivity contribution in [2.24, 2.45) is 5.92 Å². The fourth-order valence-corrected chi connectivity index (χ4v) is 3.62. The standard InChI is InChI=1S/C19H23ClN2O3/c1-3-11-24-19(23)22-10-4-5-13(2)16(22)7-9-18-21-15-12-14(20)6-8-17(15)25-18/h3,6,8,12-13,16H,1,4-5,7,9-11H2,2H3/t13-,16?/m1/s1. The van der Waals surface area contributed by atoms with E-state index < -0.39 is 0 Å². The molecule has 1 aromatic carbocycles. The third-order valence-corrected chi connectivity index (χ3v) is 4.96. The molecule has 2 heterocycles. The largest absolute Gasteiger partial charge is 0.445 e. The summed E-state index contributed by atoms with van der Waals surface area (Å²) >= 11 is 5.99. The zero-order chi connectivity index (χ0) is 17.8. The molecule has 5 nitrogen and oxygen atoms in total. The molecule has 134 valence electrons. The maximum absolute atomic E-state index is 12.3. The van der Waals surface area contributed by atoms with Gasteiger partial charge in [0, 0.05) is 24.0 Å². The third-order valence-electron chi connectivity index (χ3n) is 4.72. The SMILES string of the molecule is C=CCOC(=O)N1CCC[C@@H](C)C1CCc1nc2cc(Cl)ccc2o1. The summed E-state index contributed by atoms with van der Waals surface area (Å²) in [5.74, 6) is 1.10. The van der Waals surface area contributed by atoms with Crippen LogP contribution in [0.5, 0.6) is 0 Å². The molecule has 1 aliphatic heterocycles. The molecular weight excluding hydrogens is 340 g/mol. The smallest absolute Gasteiger partial charge is 0.410 e. The van der Waals surface area contributed by atoms with Crippen molar-refractivity contribution in [3.05, 3.63) is 41.8 Å². The Morgan fingerprint density at radius 1 is 1.56 bits per heavy atom. The van der Waals surface area contributed by atoms with Crippen LogP contribution in [0.1, 0.15) is 32.1 Å². The van der Waals surface area contributed by atoms with Crippen molar-refractivity contribution in [1.29, 1.82) is 0 Å². The van der Waals surface area contributed by atoms with Gasteiger partial charge < -0.3 is 14.1 Å². The molecule has 2 atom stereocenters. The molecule has 6 heteroatoms. The van der Waals surface area contributed by atoms with Crippen molar-refractivity contribution in [2.45, 2.75) is 38.6 Å². The summed E-state index contributed by atoms with van der Waals surface area (Å²) in [4.78, 5) is 18.7. The van der Waals surface area contributed by atoms with E-state index in [9.17, 15) is 4.79 Å².